The highest BCUT2D eigenvalue weighted by Crippen LogP contribution is 2.21. The van der Waals surface area contributed by atoms with E-state index < -0.39 is 16.1 Å². The van der Waals surface area contributed by atoms with Crippen LogP contribution in [0.15, 0.2) is 59.5 Å². The van der Waals surface area contributed by atoms with Crippen molar-refractivity contribution in [3.05, 3.63) is 54.6 Å². The van der Waals surface area contributed by atoms with Crippen LogP contribution in [0.5, 0.6) is 5.75 Å². The third-order valence-electron chi connectivity index (χ3n) is 2.52. The van der Waals surface area contributed by atoms with Crippen molar-refractivity contribution in [1.29, 1.82) is 0 Å². The quantitative estimate of drug-likeness (QED) is 0.792. The van der Waals surface area contributed by atoms with E-state index in [2.05, 4.69) is 5.32 Å². The maximum Gasteiger partial charge on any atom is 0.339 e. The van der Waals surface area contributed by atoms with Crippen LogP contribution in [-0.2, 0) is 14.9 Å². The van der Waals surface area contributed by atoms with Crippen molar-refractivity contribution in [2.45, 2.75) is 4.90 Å². The normalized spacial score (nSPS) is 10.9. The van der Waals surface area contributed by atoms with E-state index in [-0.39, 0.29) is 17.2 Å². The molecule has 0 bridgehead atoms. The summed E-state index contributed by atoms with van der Waals surface area (Å²) in [4.78, 5) is 10.5. The van der Waals surface area contributed by atoms with E-state index in [0.29, 0.717) is 5.69 Å². The molecular formula is C14H13NO5S. The van der Waals surface area contributed by atoms with Crippen LogP contribution in [0.25, 0.3) is 0 Å². The first-order valence-electron chi connectivity index (χ1n) is 6.03. The van der Waals surface area contributed by atoms with Crippen molar-refractivity contribution in [1.82, 2.24) is 0 Å². The Hall–Kier alpha value is -2.54. The Morgan fingerprint density at radius 3 is 2.48 bits per heavy atom. The Kier molecular flexibility index (Phi) is 4.44. The monoisotopic (exact) mass is 307 g/mol. The molecule has 6 nitrogen and oxygen atoms in total. The second-order valence-corrected chi connectivity index (χ2v) is 5.67. The lowest BCUT2D eigenvalue weighted by Gasteiger charge is -2.09. The third-order valence-corrected chi connectivity index (χ3v) is 3.78. The first kappa shape index (κ1) is 14.9. The minimum atomic E-state index is -3.91. The number of carboxylic acids is 1. The maximum absolute atomic E-state index is 12.0. The van der Waals surface area contributed by atoms with E-state index in [1.54, 1.807) is 30.3 Å². The topological polar surface area (TPSA) is 92.7 Å². The minimum absolute atomic E-state index is 0.0499. The molecule has 0 aliphatic heterocycles. The Morgan fingerprint density at radius 1 is 1.10 bits per heavy atom. The molecule has 0 radical (unpaired) electrons. The van der Waals surface area contributed by atoms with E-state index in [1.807, 2.05) is 0 Å². The predicted molar refractivity (Wildman–Crippen MR) is 76.8 cm³/mol. The van der Waals surface area contributed by atoms with Crippen molar-refractivity contribution < 1.29 is 22.5 Å². The average Bonchev–Trinajstić information content (AvgIpc) is 2.46. The summed E-state index contributed by atoms with van der Waals surface area (Å²) in [6.07, 6.45) is 0. The summed E-state index contributed by atoms with van der Waals surface area (Å²) in [6, 6.07) is 13.8. The average molecular weight is 307 g/mol. The predicted octanol–water partition coefficient (Wildman–Crippen LogP) is 1.95. The highest BCUT2D eigenvalue weighted by Gasteiger charge is 2.16. The van der Waals surface area contributed by atoms with E-state index >= 15 is 0 Å². The first-order chi connectivity index (χ1) is 9.97. The number of hydrogen-bond acceptors (Lipinski definition) is 5. The molecule has 2 aromatic carbocycles. The lowest BCUT2D eigenvalue weighted by Crippen LogP contribution is -2.13. The molecule has 0 saturated carbocycles. The van der Waals surface area contributed by atoms with E-state index in [4.69, 9.17) is 9.29 Å². The van der Waals surface area contributed by atoms with E-state index in [9.17, 15) is 13.2 Å². The molecule has 0 aromatic heterocycles. The third kappa shape index (κ3) is 4.22. The van der Waals surface area contributed by atoms with E-state index in [0.717, 1.165) is 0 Å². The van der Waals surface area contributed by atoms with Gasteiger partial charge in [-0.25, -0.2) is 0 Å². The molecule has 2 aromatic rings. The van der Waals surface area contributed by atoms with Crippen LogP contribution in [0.3, 0.4) is 0 Å². The Morgan fingerprint density at radius 2 is 1.81 bits per heavy atom. The van der Waals surface area contributed by atoms with Gasteiger partial charge in [-0.2, -0.15) is 8.42 Å². The highest BCUT2D eigenvalue weighted by atomic mass is 32.2. The van der Waals surface area contributed by atoms with Gasteiger partial charge < -0.3 is 14.6 Å². The van der Waals surface area contributed by atoms with Crippen LogP contribution in [0.2, 0.25) is 0 Å². The molecule has 0 fully saturated rings. The summed E-state index contributed by atoms with van der Waals surface area (Å²) in [5.74, 6) is -0.910. The number of rotatable bonds is 6. The summed E-state index contributed by atoms with van der Waals surface area (Å²) in [5.41, 5.74) is 0.457. The maximum atomic E-state index is 12.0. The van der Waals surface area contributed by atoms with Gasteiger partial charge in [0.05, 0.1) is 0 Å². The Bertz CT molecular complexity index is 728. The molecule has 2 N–H and O–H groups in total. The van der Waals surface area contributed by atoms with Crippen LogP contribution in [0, 0.1) is 0 Å². The molecule has 21 heavy (non-hydrogen) atoms. The van der Waals surface area contributed by atoms with Crippen molar-refractivity contribution in [2.75, 3.05) is 11.9 Å². The number of carbonyl (C=O) groups is 1. The number of nitrogens with one attached hydrogen (secondary N) is 1. The molecular weight excluding hydrogens is 294 g/mol. The van der Waals surface area contributed by atoms with E-state index in [1.165, 1.54) is 24.3 Å². The molecule has 0 aliphatic carbocycles. The largest absolute Gasteiger partial charge is 0.480 e. The van der Waals surface area contributed by atoms with Crippen LogP contribution in [-0.4, -0.2) is 26.0 Å². The van der Waals surface area contributed by atoms with Gasteiger partial charge in [-0.15, -0.1) is 0 Å². The fourth-order valence-electron chi connectivity index (χ4n) is 1.60. The number of carboxylic acid groups (broad SMARTS) is 1. The van der Waals surface area contributed by atoms with Gasteiger partial charge in [-0.1, -0.05) is 24.3 Å². The minimum Gasteiger partial charge on any atom is -0.480 e. The number of benzene rings is 2. The van der Waals surface area contributed by atoms with Crippen LogP contribution in [0.1, 0.15) is 0 Å². The summed E-state index contributed by atoms with van der Waals surface area (Å²) >= 11 is 0. The lowest BCUT2D eigenvalue weighted by molar-refractivity contribution is -0.134. The molecule has 0 unspecified atom stereocenters. The van der Waals surface area contributed by atoms with Gasteiger partial charge in [0, 0.05) is 11.8 Å². The molecule has 2 rings (SSSR count). The molecule has 0 heterocycles. The molecule has 0 spiro atoms. The van der Waals surface area contributed by atoms with Crippen molar-refractivity contribution in [2.24, 2.45) is 0 Å². The zero-order valence-corrected chi connectivity index (χ0v) is 11.7. The highest BCUT2D eigenvalue weighted by molar-refractivity contribution is 7.87. The fraction of sp³-hybridized carbons (Fsp3) is 0.0714. The Labute approximate surface area is 122 Å². The van der Waals surface area contributed by atoms with Crippen molar-refractivity contribution in [3.8, 4) is 5.75 Å². The van der Waals surface area contributed by atoms with Crippen molar-refractivity contribution in [3.63, 3.8) is 0 Å². The molecule has 0 aliphatic rings. The summed E-state index contributed by atoms with van der Waals surface area (Å²) in [7, 11) is -3.91. The number of anilines is 1. The van der Waals surface area contributed by atoms with Crippen molar-refractivity contribution >= 4 is 21.8 Å². The first-order valence-corrected chi connectivity index (χ1v) is 7.43. The fourth-order valence-corrected chi connectivity index (χ4v) is 2.54. The van der Waals surface area contributed by atoms with Gasteiger partial charge >= 0.3 is 16.1 Å². The second kappa shape index (κ2) is 6.27. The zero-order chi connectivity index (χ0) is 15.3. The standard InChI is InChI=1S/C14H13NO5S/c16-14(17)10-15-11-5-4-6-12(9-11)20-21(18,19)13-7-2-1-3-8-13/h1-9,15H,10H2,(H,16,17). The van der Waals surface area contributed by atoms with Gasteiger partial charge in [0.25, 0.3) is 0 Å². The van der Waals surface area contributed by atoms with Gasteiger partial charge in [0.2, 0.25) is 0 Å². The van der Waals surface area contributed by atoms with Gasteiger partial charge in [-0.3, -0.25) is 4.79 Å². The molecule has 7 heteroatoms. The number of aliphatic carboxylic acids is 1. The molecule has 0 atom stereocenters. The molecule has 110 valence electrons. The SMILES string of the molecule is O=C(O)CNc1cccc(OS(=O)(=O)c2ccccc2)c1. The Balaban J connectivity index is 2.16. The van der Waals surface area contributed by atoms with Crippen LogP contribution >= 0.6 is 0 Å². The van der Waals surface area contributed by atoms with Gasteiger partial charge in [-0.05, 0) is 24.3 Å². The second-order valence-electron chi connectivity index (χ2n) is 4.13. The summed E-state index contributed by atoms with van der Waals surface area (Å²) in [6.45, 7) is -0.269. The van der Waals surface area contributed by atoms with Crippen LogP contribution < -0.4 is 9.50 Å². The zero-order valence-electron chi connectivity index (χ0n) is 10.9. The van der Waals surface area contributed by atoms with Gasteiger partial charge in [0.1, 0.15) is 17.2 Å². The van der Waals surface area contributed by atoms with Crippen LogP contribution in [0.4, 0.5) is 5.69 Å². The summed E-state index contributed by atoms with van der Waals surface area (Å²) < 4.78 is 29.1. The molecule has 0 saturated heterocycles. The lowest BCUT2D eigenvalue weighted by atomic mass is 10.3. The molecule has 0 amide bonds. The smallest absolute Gasteiger partial charge is 0.339 e. The van der Waals surface area contributed by atoms with Gasteiger partial charge in [0.15, 0.2) is 0 Å². The summed E-state index contributed by atoms with van der Waals surface area (Å²) in [5, 5.41) is 11.2. The number of hydrogen-bond donors (Lipinski definition) is 2.